The van der Waals surface area contributed by atoms with Crippen LogP contribution in [0, 0.1) is 6.92 Å². The van der Waals surface area contributed by atoms with E-state index in [9.17, 15) is 4.79 Å². The average molecular weight is 295 g/mol. The topological polar surface area (TPSA) is 93.3 Å². The van der Waals surface area contributed by atoms with Crippen LogP contribution in [0.4, 0.5) is 5.69 Å². The fourth-order valence-electron chi connectivity index (χ4n) is 1.79. The summed E-state index contributed by atoms with van der Waals surface area (Å²) in [5.74, 6) is 1.05. The Hall–Kier alpha value is -3.02. The Kier molecular flexibility index (Phi) is 4.98. The predicted octanol–water partition coefficient (Wildman–Crippen LogP) is 1.95. The van der Waals surface area contributed by atoms with Crippen molar-refractivity contribution in [1.29, 1.82) is 0 Å². The van der Waals surface area contributed by atoms with E-state index in [0.29, 0.717) is 34.9 Å². The van der Waals surface area contributed by atoms with Gasteiger partial charge in [-0.3, -0.25) is 4.79 Å². The van der Waals surface area contributed by atoms with Gasteiger partial charge in [-0.25, -0.2) is 15.0 Å². The van der Waals surface area contributed by atoms with E-state index >= 15 is 0 Å². The third kappa shape index (κ3) is 3.76. The Labute approximate surface area is 128 Å². The van der Waals surface area contributed by atoms with Crippen molar-refractivity contribution in [2.24, 2.45) is 10.7 Å². The molecule has 2 aromatic rings. The summed E-state index contributed by atoms with van der Waals surface area (Å²) >= 11 is 0. The number of aliphatic imine (C=N–C) groups is 1. The lowest BCUT2D eigenvalue weighted by Crippen LogP contribution is -2.24. The van der Waals surface area contributed by atoms with Gasteiger partial charge in [0.1, 0.15) is 11.7 Å². The molecule has 1 heterocycles. The first-order valence-electron chi connectivity index (χ1n) is 6.71. The van der Waals surface area contributed by atoms with Crippen LogP contribution in [0.3, 0.4) is 0 Å². The zero-order chi connectivity index (χ0) is 15.9. The molecule has 0 aliphatic rings. The van der Waals surface area contributed by atoms with Gasteiger partial charge in [-0.2, -0.15) is 0 Å². The minimum absolute atomic E-state index is 0.388. The molecule has 0 radical (unpaired) electrons. The molecule has 0 saturated carbocycles. The monoisotopic (exact) mass is 295 g/mol. The molecule has 3 N–H and O–H groups in total. The zero-order valence-electron chi connectivity index (χ0n) is 12.4. The number of carbonyl (C=O) groups excluding carboxylic acids is 1. The van der Waals surface area contributed by atoms with Crippen molar-refractivity contribution in [3.8, 4) is 0 Å². The molecule has 0 spiro atoms. The van der Waals surface area contributed by atoms with Crippen LogP contribution in [0.15, 0.2) is 53.3 Å². The van der Waals surface area contributed by atoms with Crippen molar-refractivity contribution in [3.63, 3.8) is 0 Å². The first kappa shape index (κ1) is 15.4. The minimum atomic E-state index is 0.388. The Morgan fingerprint density at radius 3 is 2.45 bits per heavy atom. The van der Waals surface area contributed by atoms with Crippen LogP contribution in [0.1, 0.15) is 18.3 Å². The summed E-state index contributed by atoms with van der Waals surface area (Å²) in [4.78, 5) is 23.5. The molecule has 0 fully saturated rings. The van der Waals surface area contributed by atoms with E-state index in [0.717, 1.165) is 5.69 Å². The summed E-state index contributed by atoms with van der Waals surface area (Å²) in [5, 5.41) is 2.58. The van der Waals surface area contributed by atoms with Gasteiger partial charge in [0.25, 0.3) is 0 Å². The molecule has 1 aromatic carbocycles. The summed E-state index contributed by atoms with van der Waals surface area (Å²) in [6, 6.07) is 9.31. The van der Waals surface area contributed by atoms with Crippen molar-refractivity contribution in [1.82, 2.24) is 15.3 Å². The van der Waals surface area contributed by atoms with E-state index in [4.69, 9.17) is 5.73 Å². The Bertz CT molecular complexity index is 705. The standard InChI is InChI=1S/C16H17N5O/c1-11(15(17)13-8-18-12(2)19-9-13)16(20-10-22)21-14-6-4-3-5-7-14/h3-10H,17H2,1-2H3,(H,20,21,22). The SMILES string of the molecule is CC(C(=Nc1ccccc1)NC=O)=C(N)c1cnc(C)nc1. The summed E-state index contributed by atoms with van der Waals surface area (Å²) in [5.41, 5.74) is 8.64. The highest BCUT2D eigenvalue weighted by molar-refractivity contribution is 6.08. The van der Waals surface area contributed by atoms with Crippen molar-refractivity contribution < 1.29 is 4.79 Å². The van der Waals surface area contributed by atoms with Crippen LogP contribution in [0.2, 0.25) is 0 Å². The number of benzene rings is 1. The van der Waals surface area contributed by atoms with E-state index in [1.807, 2.05) is 30.3 Å². The number of hydrogen-bond donors (Lipinski definition) is 2. The number of hydrogen-bond acceptors (Lipinski definition) is 5. The lowest BCUT2D eigenvalue weighted by Gasteiger charge is -2.10. The minimum Gasteiger partial charge on any atom is -0.398 e. The van der Waals surface area contributed by atoms with Gasteiger partial charge in [0, 0.05) is 29.2 Å². The van der Waals surface area contributed by atoms with Crippen LogP contribution in [0.25, 0.3) is 5.70 Å². The molecule has 6 nitrogen and oxygen atoms in total. The molecule has 0 aliphatic heterocycles. The van der Waals surface area contributed by atoms with Gasteiger partial charge >= 0.3 is 0 Å². The molecular weight excluding hydrogens is 278 g/mol. The van der Waals surface area contributed by atoms with Crippen molar-refractivity contribution in [2.45, 2.75) is 13.8 Å². The van der Waals surface area contributed by atoms with E-state index in [-0.39, 0.29) is 0 Å². The lowest BCUT2D eigenvalue weighted by molar-refractivity contribution is -0.108. The molecule has 0 saturated heterocycles. The highest BCUT2D eigenvalue weighted by Crippen LogP contribution is 2.16. The maximum Gasteiger partial charge on any atom is 0.212 e. The second-order valence-corrected chi connectivity index (χ2v) is 4.62. The molecular formula is C16H17N5O. The van der Waals surface area contributed by atoms with Crippen LogP contribution < -0.4 is 11.1 Å². The van der Waals surface area contributed by atoms with Gasteiger partial charge in [-0.15, -0.1) is 0 Å². The zero-order valence-corrected chi connectivity index (χ0v) is 12.4. The first-order valence-corrected chi connectivity index (χ1v) is 6.71. The van der Waals surface area contributed by atoms with Crippen molar-refractivity contribution in [3.05, 3.63) is 59.7 Å². The maximum atomic E-state index is 10.8. The van der Waals surface area contributed by atoms with E-state index in [1.165, 1.54) is 0 Å². The first-order chi connectivity index (χ1) is 10.6. The Morgan fingerprint density at radius 1 is 1.23 bits per heavy atom. The molecule has 112 valence electrons. The molecule has 6 heteroatoms. The summed E-state index contributed by atoms with van der Waals surface area (Å²) < 4.78 is 0. The van der Waals surface area contributed by atoms with E-state index in [1.54, 1.807) is 26.2 Å². The van der Waals surface area contributed by atoms with E-state index < -0.39 is 0 Å². The number of carbonyl (C=O) groups is 1. The number of nitrogens with one attached hydrogen (secondary N) is 1. The maximum absolute atomic E-state index is 10.8. The average Bonchev–Trinajstić information content (AvgIpc) is 2.55. The molecule has 2 rings (SSSR count). The largest absolute Gasteiger partial charge is 0.398 e. The second kappa shape index (κ2) is 7.12. The third-order valence-corrected chi connectivity index (χ3v) is 3.04. The normalized spacial score (nSPS) is 12.5. The smallest absolute Gasteiger partial charge is 0.212 e. The molecule has 1 amide bonds. The quantitative estimate of drug-likeness (QED) is 0.512. The summed E-state index contributed by atoms with van der Waals surface area (Å²) in [6.45, 7) is 3.58. The molecule has 0 aliphatic carbocycles. The van der Waals surface area contributed by atoms with E-state index in [2.05, 4.69) is 20.3 Å². The van der Waals surface area contributed by atoms with Crippen LogP contribution in [-0.4, -0.2) is 22.2 Å². The number of aromatic nitrogens is 2. The summed E-state index contributed by atoms with van der Waals surface area (Å²) in [7, 11) is 0. The number of rotatable bonds is 4. The predicted molar refractivity (Wildman–Crippen MR) is 86.3 cm³/mol. The number of amidine groups is 1. The number of aryl methyl sites for hydroxylation is 1. The van der Waals surface area contributed by atoms with Gasteiger partial charge in [-0.1, -0.05) is 18.2 Å². The van der Waals surface area contributed by atoms with Crippen LogP contribution >= 0.6 is 0 Å². The summed E-state index contributed by atoms with van der Waals surface area (Å²) in [6.07, 6.45) is 3.86. The number of nitrogens with two attached hydrogens (primary N) is 1. The van der Waals surface area contributed by atoms with Gasteiger partial charge in [-0.05, 0) is 26.0 Å². The highest BCUT2D eigenvalue weighted by Gasteiger charge is 2.09. The lowest BCUT2D eigenvalue weighted by atomic mass is 10.1. The fraction of sp³-hybridized carbons (Fsp3) is 0.125. The Morgan fingerprint density at radius 2 is 1.86 bits per heavy atom. The fourth-order valence-corrected chi connectivity index (χ4v) is 1.79. The van der Waals surface area contributed by atoms with Crippen molar-refractivity contribution in [2.75, 3.05) is 0 Å². The molecule has 1 aromatic heterocycles. The molecule has 22 heavy (non-hydrogen) atoms. The number of para-hydroxylation sites is 1. The Balaban J connectivity index is 2.42. The number of amides is 1. The third-order valence-electron chi connectivity index (χ3n) is 3.04. The highest BCUT2D eigenvalue weighted by atomic mass is 16.1. The van der Waals surface area contributed by atoms with Gasteiger partial charge in [0.05, 0.1) is 5.69 Å². The molecule has 0 unspecified atom stereocenters. The van der Waals surface area contributed by atoms with Gasteiger partial charge < -0.3 is 11.1 Å². The van der Waals surface area contributed by atoms with Crippen molar-refractivity contribution >= 4 is 23.6 Å². The molecule has 0 atom stereocenters. The van der Waals surface area contributed by atoms with Crippen LogP contribution in [-0.2, 0) is 4.79 Å². The second-order valence-electron chi connectivity index (χ2n) is 4.62. The van der Waals surface area contributed by atoms with Crippen LogP contribution in [0.5, 0.6) is 0 Å². The molecule has 0 bridgehead atoms. The van der Waals surface area contributed by atoms with Gasteiger partial charge in [0.15, 0.2) is 0 Å². The van der Waals surface area contributed by atoms with Gasteiger partial charge in [0.2, 0.25) is 6.41 Å². The number of nitrogens with zero attached hydrogens (tertiary/aromatic N) is 3.